The largest absolute Gasteiger partial charge is 0.476 e. The molecule has 7 heteroatoms. The smallest absolute Gasteiger partial charge is 0.358 e. The molecule has 3 N–H and O–H groups in total. The van der Waals surface area contributed by atoms with Crippen LogP contribution in [0.5, 0.6) is 0 Å². The Balaban J connectivity index is 2.01. The molecule has 0 aromatic carbocycles. The van der Waals surface area contributed by atoms with Crippen molar-refractivity contribution >= 4 is 17.6 Å². The standard InChI is InChI=1S/C12H18N4O3/c13-9-7-16(14-11(9)12(18)19)8-10(17)15-5-3-1-2-4-6-15/h7H,1-6,8,13H2,(H,18,19). The summed E-state index contributed by atoms with van der Waals surface area (Å²) in [5.74, 6) is -1.22. The van der Waals surface area contributed by atoms with Crippen LogP contribution in [0.2, 0.25) is 0 Å². The summed E-state index contributed by atoms with van der Waals surface area (Å²) >= 11 is 0. The van der Waals surface area contributed by atoms with E-state index in [0.717, 1.165) is 38.8 Å². The van der Waals surface area contributed by atoms with Gasteiger partial charge in [0, 0.05) is 19.3 Å². The normalized spacial score (nSPS) is 16.1. The Morgan fingerprint density at radius 3 is 2.42 bits per heavy atom. The minimum absolute atomic E-state index is 0.0392. The molecule has 19 heavy (non-hydrogen) atoms. The number of carboxylic acid groups (broad SMARTS) is 1. The van der Waals surface area contributed by atoms with Crippen LogP contribution in [0.15, 0.2) is 6.20 Å². The third-order valence-corrected chi connectivity index (χ3v) is 3.25. The Bertz CT molecular complexity index is 475. The number of nitrogens with zero attached hydrogens (tertiary/aromatic N) is 3. The fraction of sp³-hybridized carbons (Fsp3) is 0.583. The highest BCUT2D eigenvalue weighted by Gasteiger charge is 2.18. The summed E-state index contributed by atoms with van der Waals surface area (Å²) in [6.07, 6.45) is 5.74. The van der Waals surface area contributed by atoms with Gasteiger partial charge in [0.25, 0.3) is 0 Å². The molecule has 1 aromatic heterocycles. The zero-order chi connectivity index (χ0) is 13.8. The van der Waals surface area contributed by atoms with Crippen molar-refractivity contribution in [2.45, 2.75) is 32.2 Å². The predicted molar refractivity (Wildman–Crippen MR) is 68.6 cm³/mol. The fourth-order valence-corrected chi connectivity index (χ4v) is 2.24. The molecule has 0 unspecified atom stereocenters. The zero-order valence-electron chi connectivity index (χ0n) is 10.7. The lowest BCUT2D eigenvalue weighted by molar-refractivity contribution is -0.132. The van der Waals surface area contributed by atoms with Crippen molar-refractivity contribution < 1.29 is 14.7 Å². The average molecular weight is 266 g/mol. The van der Waals surface area contributed by atoms with Gasteiger partial charge in [-0.25, -0.2) is 4.79 Å². The first kappa shape index (κ1) is 13.4. The molecular formula is C12H18N4O3. The number of nitrogen functional groups attached to an aromatic ring is 1. The summed E-state index contributed by atoms with van der Waals surface area (Å²) in [5, 5.41) is 12.7. The van der Waals surface area contributed by atoms with Crippen LogP contribution in [0.3, 0.4) is 0 Å². The first-order valence-corrected chi connectivity index (χ1v) is 6.42. The molecule has 0 atom stereocenters. The lowest BCUT2D eigenvalue weighted by atomic mass is 10.2. The molecule has 1 aliphatic heterocycles. The van der Waals surface area contributed by atoms with Crippen molar-refractivity contribution in [1.29, 1.82) is 0 Å². The summed E-state index contributed by atoms with van der Waals surface area (Å²) < 4.78 is 1.30. The third kappa shape index (κ3) is 3.24. The first-order valence-electron chi connectivity index (χ1n) is 6.42. The van der Waals surface area contributed by atoms with E-state index in [1.165, 1.54) is 10.9 Å². The van der Waals surface area contributed by atoms with Gasteiger partial charge in [0.05, 0.1) is 5.69 Å². The molecule has 1 aromatic rings. The highest BCUT2D eigenvalue weighted by Crippen LogP contribution is 2.12. The molecule has 1 fully saturated rings. The number of aromatic nitrogens is 2. The van der Waals surface area contributed by atoms with Gasteiger partial charge in [0.2, 0.25) is 5.91 Å². The maximum atomic E-state index is 12.1. The van der Waals surface area contributed by atoms with E-state index in [1.807, 2.05) is 4.90 Å². The Morgan fingerprint density at radius 2 is 1.89 bits per heavy atom. The summed E-state index contributed by atoms with van der Waals surface area (Å²) in [7, 11) is 0. The highest BCUT2D eigenvalue weighted by atomic mass is 16.4. The molecule has 0 saturated carbocycles. The van der Waals surface area contributed by atoms with E-state index in [9.17, 15) is 9.59 Å². The number of nitrogens with two attached hydrogens (primary N) is 1. The molecule has 104 valence electrons. The third-order valence-electron chi connectivity index (χ3n) is 3.25. The minimum Gasteiger partial charge on any atom is -0.476 e. The predicted octanol–water partition coefficient (Wildman–Crippen LogP) is 0.566. The number of anilines is 1. The highest BCUT2D eigenvalue weighted by molar-refractivity contribution is 5.91. The average Bonchev–Trinajstić information content (AvgIpc) is 2.58. The van der Waals surface area contributed by atoms with Gasteiger partial charge < -0.3 is 15.7 Å². The van der Waals surface area contributed by atoms with Crippen LogP contribution in [0, 0.1) is 0 Å². The minimum atomic E-state index is -1.18. The van der Waals surface area contributed by atoms with Crippen molar-refractivity contribution in [2.24, 2.45) is 0 Å². The topological polar surface area (TPSA) is 101 Å². The molecule has 0 radical (unpaired) electrons. The van der Waals surface area contributed by atoms with Crippen LogP contribution in [-0.2, 0) is 11.3 Å². The van der Waals surface area contributed by atoms with Gasteiger partial charge >= 0.3 is 5.97 Å². The number of rotatable bonds is 3. The van der Waals surface area contributed by atoms with Crippen LogP contribution in [0.25, 0.3) is 0 Å². The van der Waals surface area contributed by atoms with Crippen LogP contribution in [0.1, 0.15) is 36.2 Å². The van der Waals surface area contributed by atoms with Crippen LogP contribution in [0.4, 0.5) is 5.69 Å². The van der Waals surface area contributed by atoms with Crippen LogP contribution in [-0.4, -0.2) is 44.8 Å². The molecular weight excluding hydrogens is 248 g/mol. The molecule has 0 spiro atoms. The second-order valence-corrected chi connectivity index (χ2v) is 4.73. The van der Waals surface area contributed by atoms with Crippen LogP contribution < -0.4 is 5.73 Å². The zero-order valence-corrected chi connectivity index (χ0v) is 10.7. The maximum absolute atomic E-state index is 12.1. The molecule has 2 rings (SSSR count). The molecule has 1 amide bonds. The maximum Gasteiger partial charge on any atom is 0.358 e. The van der Waals surface area contributed by atoms with Crippen molar-refractivity contribution in [3.8, 4) is 0 Å². The van der Waals surface area contributed by atoms with E-state index in [0.29, 0.717) is 0 Å². The van der Waals surface area contributed by atoms with E-state index in [2.05, 4.69) is 5.10 Å². The quantitative estimate of drug-likeness (QED) is 0.832. The second-order valence-electron chi connectivity index (χ2n) is 4.73. The number of hydrogen-bond donors (Lipinski definition) is 2. The molecule has 1 aliphatic rings. The summed E-state index contributed by atoms with van der Waals surface area (Å²) in [6.45, 7) is 1.57. The van der Waals surface area contributed by atoms with Crippen molar-refractivity contribution in [3.05, 3.63) is 11.9 Å². The number of hydrogen-bond acceptors (Lipinski definition) is 4. The fourth-order valence-electron chi connectivity index (χ4n) is 2.24. The van der Waals surface area contributed by atoms with Crippen LogP contribution >= 0.6 is 0 Å². The lowest BCUT2D eigenvalue weighted by Crippen LogP contribution is -2.34. The Labute approximate surface area is 111 Å². The van der Waals surface area contributed by atoms with Crippen molar-refractivity contribution in [2.75, 3.05) is 18.8 Å². The molecule has 0 aliphatic carbocycles. The van der Waals surface area contributed by atoms with E-state index < -0.39 is 5.97 Å². The van der Waals surface area contributed by atoms with Gasteiger partial charge in [-0.3, -0.25) is 9.48 Å². The Morgan fingerprint density at radius 1 is 1.26 bits per heavy atom. The first-order chi connectivity index (χ1) is 9.08. The van der Waals surface area contributed by atoms with Crippen molar-refractivity contribution in [1.82, 2.24) is 14.7 Å². The molecule has 0 bridgehead atoms. The van der Waals surface area contributed by atoms with E-state index in [1.54, 1.807) is 0 Å². The van der Waals surface area contributed by atoms with Gasteiger partial charge in [0.1, 0.15) is 6.54 Å². The van der Waals surface area contributed by atoms with Gasteiger partial charge in [-0.1, -0.05) is 12.8 Å². The molecule has 1 saturated heterocycles. The van der Waals surface area contributed by atoms with E-state index >= 15 is 0 Å². The number of carboxylic acids is 1. The van der Waals surface area contributed by atoms with Gasteiger partial charge in [-0.05, 0) is 12.8 Å². The molecule has 2 heterocycles. The SMILES string of the molecule is Nc1cn(CC(=O)N2CCCCCC2)nc1C(=O)O. The molecule has 7 nitrogen and oxygen atoms in total. The Hall–Kier alpha value is -2.05. The number of amides is 1. The summed E-state index contributed by atoms with van der Waals surface area (Å²) in [5.41, 5.74) is 5.41. The number of carbonyl (C=O) groups is 2. The van der Waals surface area contributed by atoms with Gasteiger partial charge in [0.15, 0.2) is 5.69 Å². The number of carbonyl (C=O) groups excluding carboxylic acids is 1. The summed E-state index contributed by atoms with van der Waals surface area (Å²) in [6, 6.07) is 0. The van der Waals surface area contributed by atoms with Gasteiger partial charge in [-0.2, -0.15) is 5.10 Å². The second kappa shape index (κ2) is 5.73. The van der Waals surface area contributed by atoms with Gasteiger partial charge in [-0.15, -0.1) is 0 Å². The number of likely N-dealkylation sites (tertiary alicyclic amines) is 1. The van der Waals surface area contributed by atoms with Crippen molar-refractivity contribution in [3.63, 3.8) is 0 Å². The summed E-state index contributed by atoms with van der Waals surface area (Å²) in [4.78, 5) is 24.7. The monoisotopic (exact) mass is 266 g/mol. The number of aromatic carboxylic acids is 1. The Kier molecular flexibility index (Phi) is 4.03. The van der Waals surface area contributed by atoms with E-state index in [-0.39, 0.29) is 23.8 Å². The van der Waals surface area contributed by atoms with E-state index in [4.69, 9.17) is 10.8 Å². The lowest BCUT2D eigenvalue weighted by Gasteiger charge is -2.20.